The van der Waals surface area contributed by atoms with Gasteiger partial charge in [-0.2, -0.15) is 0 Å². The van der Waals surface area contributed by atoms with Gasteiger partial charge in [0.2, 0.25) is 0 Å². The average Bonchev–Trinajstić information content (AvgIpc) is 2.09. The first-order chi connectivity index (χ1) is 6.15. The highest BCUT2D eigenvalue weighted by molar-refractivity contribution is 6.35. The summed E-state index contributed by atoms with van der Waals surface area (Å²) in [5.41, 5.74) is 2.44. The molecule has 0 fully saturated rings. The number of hydrogen-bond acceptors (Lipinski definition) is 2. The highest BCUT2D eigenvalue weighted by Gasteiger charge is 2.09. The van der Waals surface area contributed by atoms with E-state index >= 15 is 0 Å². The minimum atomic E-state index is -0.421. The van der Waals surface area contributed by atoms with Crippen molar-refractivity contribution in [1.29, 1.82) is 0 Å². The Kier molecular flexibility index (Phi) is 3.54. The topological polar surface area (TPSA) is 38.3 Å². The Hall–Kier alpha value is -0.770. The van der Waals surface area contributed by atoms with Crippen LogP contribution in [-0.4, -0.2) is 13.0 Å². The summed E-state index contributed by atoms with van der Waals surface area (Å²) in [6.07, 6.45) is 0. The zero-order valence-electron chi connectivity index (χ0n) is 6.80. The molecule has 1 amide bonds. The van der Waals surface area contributed by atoms with Crippen molar-refractivity contribution in [3.8, 4) is 0 Å². The smallest absolute Gasteiger partial charge is 0.276 e. The third-order valence-corrected chi connectivity index (χ3v) is 1.93. The average molecular weight is 220 g/mol. The lowest BCUT2D eigenvalue weighted by Crippen LogP contribution is -2.22. The maximum Gasteiger partial charge on any atom is 0.276 e. The first-order valence-corrected chi connectivity index (χ1v) is 4.19. The third kappa shape index (κ3) is 2.59. The van der Waals surface area contributed by atoms with Gasteiger partial charge in [-0.05, 0) is 18.2 Å². The molecule has 1 aromatic carbocycles. The van der Waals surface area contributed by atoms with Crippen LogP contribution in [0.4, 0.5) is 0 Å². The molecule has 0 heterocycles. The van der Waals surface area contributed by atoms with Crippen LogP contribution in [0.2, 0.25) is 10.0 Å². The van der Waals surface area contributed by atoms with Crippen LogP contribution in [0.1, 0.15) is 10.4 Å². The Morgan fingerprint density at radius 2 is 2.15 bits per heavy atom. The lowest BCUT2D eigenvalue weighted by molar-refractivity contribution is 0.0538. The number of hydrogen-bond donors (Lipinski definition) is 1. The molecule has 1 rings (SSSR count). The summed E-state index contributed by atoms with van der Waals surface area (Å²) in [4.78, 5) is 15.7. The van der Waals surface area contributed by atoms with Gasteiger partial charge in [-0.1, -0.05) is 23.2 Å². The number of amides is 1. The number of rotatable bonds is 2. The molecule has 5 heteroatoms. The third-order valence-electron chi connectivity index (χ3n) is 1.37. The summed E-state index contributed by atoms with van der Waals surface area (Å²) in [6.45, 7) is 0. The summed E-state index contributed by atoms with van der Waals surface area (Å²) in [5.74, 6) is -0.421. The zero-order valence-corrected chi connectivity index (χ0v) is 8.32. The van der Waals surface area contributed by atoms with Crippen LogP contribution < -0.4 is 5.48 Å². The normalized spacial score (nSPS) is 9.77. The molecule has 0 aromatic heterocycles. The van der Waals surface area contributed by atoms with Gasteiger partial charge in [-0.3, -0.25) is 9.63 Å². The van der Waals surface area contributed by atoms with Crippen LogP contribution in [0.3, 0.4) is 0 Å². The minimum absolute atomic E-state index is 0.288. The Bertz CT molecular complexity index is 328. The number of carbonyl (C=O) groups is 1. The molecule has 0 spiro atoms. The van der Waals surface area contributed by atoms with Crippen molar-refractivity contribution in [2.45, 2.75) is 0 Å². The molecule has 0 aliphatic rings. The summed E-state index contributed by atoms with van der Waals surface area (Å²) >= 11 is 11.4. The molecule has 70 valence electrons. The standard InChI is InChI=1S/C8H7Cl2NO2/c1-13-11-8(12)6-4-5(9)2-3-7(6)10/h2-4H,1H3,(H,11,12). The fourth-order valence-corrected chi connectivity index (χ4v) is 1.19. The Morgan fingerprint density at radius 1 is 1.46 bits per heavy atom. The van der Waals surface area contributed by atoms with Gasteiger partial charge in [0.25, 0.3) is 5.91 Å². The number of halogens is 2. The first kappa shape index (κ1) is 10.3. The van der Waals surface area contributed by atoms with E-state index in [1.54, 1.807) is 12.1 Å². The van der Waals surface area contributed by atoms with Crippen LogP contribution in [0.5, 0.6) is 0 Å². The minimum Gasteiger partial charge on any atom is -0.277 e. The fraction of sp³-hybridized carbons (Fsp3) is 0.125. The van der Waals surface area contributed by atoms with Crippen molar-refractivity contribution >= 4 is 29.1 Å². The van der Waals surface area contributed by atoms with Crippen molar-refractivity contribution in [2.24, 2.45) is 0 Å². The van der Waals surface area contributed by atoms with Crippen LogP contribution >= 0.6 is 23.2 Å². The van der Waals surface area contributed by atoms with Gasteiger partial charge in [-0.25, -0.2) is 5.48 Å². The molecule has 0 atom stereocenters. The van der Waals surface area contributed by atoms with Gasteiger partial charge in [0, 0.05) is 5.02 Å². The monoisotopic (exact) mass is 219 g/mol. The van der Waals surface area contributed by atoms with Gasteiger partial charge in [-0.15, -0.1) is 0 Å². The van der Waals surface area contributed by atoms with E-state index in [2.05, 4.69) is 10.3 Å². The fourth-order valence-electron chi connectivity index (χ4n) is 0.819. The highest BCUT2D eigenvalue weighted by atomic mass is 35.5. The molecule has 1 N–H and O–H groups in total. The molecular weight excluding hydrogens is 213 g/mol. The molecule has 1 aromatic rings. The second-order valence-corrected chi connectivity index (χ2v) is 3.10. The molecule has 13 heavy (non-hydrogen) atoms. The van der Waals surface area contributed by atoms with Crippen LogP contribution in [0, 0.1) is 0 Å². The predicted octanol–water partition coefficient (Wildman–Crippen LogP) is 2.28. The van der Waals surface area contributed by atoms with Gasteiger partial charge in [0.05, 0.1) is 17.7 Å². The molecule has 0 saturated heterocycles. The van der Waals surface area contributed by atoms with Gasteiger partial charge >= 0.3 is 0 Å². The van der Waals surface area contributed by atoms with Crippen LogP contribution in [0.15, 0.2) is 18.2 Å². The Morgan fingerprint density at radius 3 is 2.77 bits per heavy atom. The molecular formula is C8H7Cl2NO2. The van der Waals surface area contributed by atoms with Gasteiger partial charge in [0.15, 0.2) is 0 Å². The maximum absolute atomic E-state index is 11.2. The molecule has 0 bridgehead atoms. The van der Waals surface area contributed by atoms with E-state index in [9.17, 15) is 4.79 Å². The van der Waals surface area contributed by atoms with E-state index in [1.807, 2.05) is 0 Å². The number of carbonyl (C=O) groups excluding carboxylic acids is 1. The first-order valence-electron chi connectivity index (χ1n) is 3.43. The lowest BCUT2D eigenvalue weighted by Gasteiger charge is -2.03. The quantitative estimate of drug-likeness (QED) is 0.776. The zero-order chi connectivity index (χ0) is 9.84. The second kappa shape index (κ2) is 4.46. The van der Waals surface area contributed by atoms with Gasteiger partial charge < -0.3 is 0 Å². The molecule has 3 nitrogen and oxygen atoms in total. The SMILES string of the molecule is CONC(=O)c1cc(Cl)ccc1Cl. The summed E-state index contributed by atoms with van der Waals surface area (Å²) in [6, 6.07) is 4.63. The number of hydroxylamine groups is 1. The van der Waals surface area contributed by atoms with E-state index in [0.717, 1.165) is 0 Å². The highest BCUT2D eigenvalue weighted by Crippen LogP contribution is 2.20. The molecule has 0 radical (unpaired) electrons. The molecule has 0 aliphatic heterocycles. The Balaban J connectivity index is 2.99. The summed E-state index contributed by atoms with van der Waals surface area (Å²) < 4.78 is 0. The lowest BCUT2D eigenvalue weighted by atomic mass is 10.2. The van der Waals surface area contributed by atoms with E-state index in [4.69, 9.17) is 23.2 Å². The number of benzene rings is 1. The predicted molar refractivity (Wildman–Crippen MR) is 50.9 cm³/mol. The van der Waals surface area contributed by atoms with Crippen LogP contribution in [0.25, 0.3) is 0 Å². The van der Waals surface area contributed by atoms with E-state index < -0.39 is 5.91 Å². The van der Waals surface area contributed by atoms with Crippen molar-refractivity contribution in [2.75, 3.05) is 7.11 Å². The molecule has 0 unspecified atom stereocenters. The Labute approximate surface area is 85.5 Å². The van der Waals surface area contributed by atoms with E-state index in [1.165, 1.54) is 13.2 Å². The van der Waals surface area contributed by atoms with Gasteiger partial charge in [0.1, 0.15) is 0 Å². The maximum atomic E-state index is 11.2. The van der Waals surface area contributed by atoms with Crippen molar-refractivity contribution < 1.29 is 9.63 Å². The molecule has 0 saturated carbocycles. The van der Waals surface area contributed by atoms with Crippen molar-refractivity contribution in [1.82, 2.24) is 5.48 Å². The largest absolute Gasteiger partial charge is 0.277 e. The van der Waals surface area contributed by atoms with E-state index in [0.29, 0.717) is 10.0 Å². The summed E-state index contributed by atoms with van der Waals surface area (Å²) in [7, 11) is 1.34. The van der Waals surface area contributed by atoms with E-state index in [-0.39, 0.29) is 5.56 Å². The second-order valence-electron chi connectivity index (χ2n) is 2.26. The van der Waals surface area contributed by atoms with Crippen molar-refractivity contribution in [3.63, 3.8) is 0 Å². The summed E-state index contributed by atoms with van der Waals surface area (Å²) in [5, 5.41) is 0.782. The van der Waals surface area contributed by atoms with Crippen molar-refractivity contribution in [3.05, 3.63) is 33.8 Å². The van der Waals surface area contributed by atoms with Crippen LogP contribution in [-0.2, 0) is 4.84 Å². The number of nitrogens with one attached hydrogen (secondary N) is 1. The molecule has 0 aliphatic carbocycles.